The summed E-state index contributed by atoms with van der Waals surface area (Å²) in [6, 6.07) is 14.1. The number of thiophene rings is 1. The number of nitrogens with one attached hydrogen (secondary N) is 1. The van der Waals surface area contributed by atoms with Gasteiger partial charge in [0, 0.05) is 10.2 Å². The van der Waals surface area contributed by atoms with E-state index in [1.807, 2.05) is 0 Å². The molecule has 9 heteroatoms. The second kappa shape index (κ2) is 7.76. The molecular formula is C20H13BrFN3O3S. The zero-order valence-corrected chi connectivity index (χ0v) is 17.2. The molecule has 0 radical (unpaired) electrons. The second-order valence-electron chi connectivity index (χ2n) is 6.15. The number of hydrogen-bond acceptors (Lipinski definition) is 4. The van der Waals surface area contributed by atoms with E-state index in [-0.39, 0.29) is 16.9 Å². The molecule has 0 fully saturated rings. The SMILES string of the molecule is O=C(Cn1c(=O)n(-c2ccccc2F)c(=O)c2sccc21)Nc1ccc(Br)cc1. The van der Waals surface area contributed by atoms with Crippen LogP contribution in [0.15, 0.2) is 74.0 Å². The predicted molar refractivity (Wildman–Crippen MR) is 114 cm³/mol. The molecule has 4 rings (SSSR count). The lowest BCUT2D eigenvalue weighted by Crippen LogP contribution is -2.40. The summed E-state index contributed by atoms with van der Waals surface area (Å²) in [5, 5.41) is 4.36. The Morgan fingerprint density at radius 2 is 1.79 bits per heavy atom. The summed E-state index contributed by atoms with van der Waals surface area (Å²) in [5.74, 6) is -1.14. The lowest BCUT2D eigenvalue weighted by molar-refractivity contribution is -0.116. The molecule has 0 bridgehead atoms. The molecule has 2 aromatic carbocycles. The van der Waals surface area contributed by atoms with Crippen LogP contribution in [0, 0.1) is 5.82 Å². The zero-order valence-electron chi connectivity index (χ0n) is 14.8. The van der Waals surface area contributed by atoms with Crippen molar-refractivity contribution in [2.45, 2.75) is 6.54 Å². The molecule has 1 amide bonds. The minimum absolute atomic E-state index is 0.153. The highest BCUT2D eigenvalue weighted by Gasteiger charge is 2.19. The summed E-state index contributed by atoms with van der Waals surface area (Å²) < 4.78 is 17.4. The fraction of sp³-hybridized carbons (Fsp3) is 0.0500. The number of hydrogen-bond donors (Lipinski definition) is 1. The Hall–Kier alpha value is -3.04. The van der Waals surface area contributed by atoms with Gasteiger partial charge in [0.05, 0.1) is 11.2 Å². The van der Waals surface area contributed by atoms with Crippen molar-refractivity contribution >= 4 is 49.1 Å². The second-order valence-corrected chi connectivity index (χ2v) is 7.98. The maximum Gasteiger partial charge on any atom is 0.336 e. The van der Waals surface area contributed by atoms with Crippen LogP contribution in [0.4, 0.5) is 10.1 Å². The van der Waals surface area contributed by atoms with Crippen molar-refractivity contribution < 1.29 is 9.18 Å². The molecule has 0 spiro atoms. The van der Waals surface area contributed by atoms with Crippen LogP contribution in [0.25, 0.3) is 15.9 Å². The number of carbonyl (C=O) groups is 1. The van der Waals surface area contributed by atoms with Crippen molar-refractivity contribution in [2.24, 2.45) is 0 Å². The number of anilines is 1. The van der Waals surface area contributed by atoms with Gasteiger partial charge in [0.25, 0.3) is 5.56 Å². The van der Waals surface area contributed by atoms with Crippen LogP contribution in [0.3, 0.4) is 0 Å². The average molecular weight is 474 g/mol. The third kappa shape index (κ3) is 3.66. The van der Waals surface area contributed by atoms with Crippen molar-refractivity contribution in [3.05, 3.63) is 91.1 Å². The van der Waals surface area contributed by atoms with Crippen LogP contribution in [-0.4, -0.2) is 15.0 Å². The topological polar surface area (TPSA) is 73.1 Å². The molecule has 6 nitrogen and oxygen atoms in total. The van der Waals surface area contributed by atoms with Gasteiger partial charge >= 0.3 is 5.69 Å². The van der Waals surface area contributed by atoms with Crippen molar-refractivity contribution in [3.8, 4) is 5.69 Å². The zero-order chi connectivity index (χ0) is 20.5. The Morgan fingerprint density at radius 3 is 2.52 bits per heavy atom. The van der Waals surface area contributed by atoms with Gasteiger partial charge in [-0.2, -0.15) is 0 Å². The Kier molecular flexibility index (Phi) is 5.16. The number of amides is 1. The number of aromatic nitrogens is 2. The molecule has 0 saturated carbocycles. The first kappa shape index (κ1) is 19.3. The average Bonchev–Trinajstić information content (AvgIpc) is 3.19. The van der Waals surface area contributed by atoms with Crippen LogP contribution in [0.5, 0.6) is 0 Å². The van der Waals surface area contributed by atoms with E-state index in [1.54, 1.807) is 35.7 Å². The fourth-order valence-electron chi connectivity index (χ4n) is 2.96. The maximum atomic E-state index is 14.3. The lowest BCUT2D eigenvalue weighted by atomic mass is 10.3. The van der Waals surface area contributed by atoms with E-state index in [0.717, 1.165) is 20.4 Å². The smallest absolute Gasteiger partial charge is 0.325 e. The summed E-state index contributed by atoms with van der Waals surface area (Å²) in [4.78, 5) is 38.4. The van der Waals surface area contributed by atoms with Crippen LogP contribution in [0.2, 0.25) is 0 Å². The number of nitrogens with zero attached hydrogens (tertiary/aromatic N) is 2. The number of benzene rings is 2. The van der Waals surface area contributed by atoms with Gasteiger partial charge in [0.1, 0.15) is 17.1 Å². The largest absolute Gasteiger partial charge is 0.336 e. The number of carbonyl (C=O) groups excluding carboxylic acids is 1. The number of halogens is 2. The third-order valence-electron chi connectivity index (χ3n) is 4.28. The molecule has 4 aromatic rings. The molecule has 1 N–H and O–H groups in total. The van der Waals surface area contributed by atoms with Crippen LogP contribution in [0.1, 0.15) is 0 Å². The minimum Gasteiger partial charge on any atom is -0.325 e. The van der Waals surface area contributed by atoms with Gasteiger partial charge in [-0.1, -0.05) is 28.1 Å². The monoisotopic (exact) mass is 473 g/mol. The number of fused-ring (bicyclic) bond motifs is 1. The van der Waals surface area contributed by atoms with E-state index < -0.39 is 23.0 Å². The van der Waals surface area contributed by atoms with Crippen molar-refractivity contribution in [1.29, 1.82) is 0 Å². The molecule has 2 heterocycles. The number of rotatable bonds is 4. The van der Waals surface area contributed by atoms with E-state index in [1.165, 1.54) is 28.8 Å². The van der Waals surface area contributed by atoms with Gasteiger partial charge < -0.3 is 5.32 Å². The summed E-state index contributed by atoms with van der Waals surface area (Å²) in [5.41, 5.74) is -0.648. The fourth-order valence-corrected chi connectivity index (χ4v) is 4.05. The van der Waals surface area contributed by atoms with Gasteiger partial charge in [0.15, 0.2) is 0 Å². The Morgan fingerprint density at radius 1 is 1.07 bits per heavy atom. The maximum absolute atomic E-state index is 14.3. The third-order valence-corrected chi connectivity index (χ3v) is 5.70. The molecule has 0 unspecified atom stereocenters. The number of para-hydroxylation sites is 1. The summed E-state index contributed by atoms with van der Waals surface area (Å²) in [7, 11) is 0. The van der Waals surface area contributed by atoms with Gasteiger partial charge in [-0.25, -0.2) is 13.8 Å². The highest BCUT2D eigenvalue weighted by Crippen LogP contribution is 2.18. The molecule has 0 aliphatic carbocycles. The van der Waals surface area contributed by atoms with Gasteiger partial charge in [-0.15, -0.1) is 11.3 Å². The van der Waals surface area contributed by atoms with E-state index in [4.69, 9.17) is 0 Å². The molecule has 29 heavy (non-hydrogen) atoms. The standard InChI is InChI=1S/C20H13BrFN3O3S/c21-12-5-7-13(8-6-12)23-17(26)11-24-16-9-10-29-18(16)19(27)25(20(24)28)15-4-2-1-3-14(15)22/h1-10H,11H2,(H,23,26). The normalized spacial score (nSPS) is 11.0. The van der Waals surface area contributed by atoms with Crippen molar-refractivity contribution in [1.82, 2.24) is 9.13 Å². The highest BCUT2D eigenvalue weighted by molar-refractivity contribution is 9.10. The van der Waals surface area contributed by atoms with E-state index in [0.29, 0.717) is 11.2 Å². The lowest BCUT2D eigenvalue weighted by Gasteiger charge is -2.13. The molecule has 0 aliphatic rings. The molecule has 0 saturated heterocycles. The van der Waals surface area contributed by atoms with E-state index in [2.05, 4.69) is 21.2 Å². The summed E-state index contributed by atoms with van der Waals surface area (Å²) >= 11 is 4.45. The Bertz CT molecular complexity index is 1340. The molecule has 0 atom stereocenters. The van der Waals surface area contributed by atoms with E-state index >= 15 is 0 Å². The van der Waals surface area contributed by atoms with Gasteiger partial charge in [0.2, 0.25) is 5.91 Å². The molecule has 2 aromatic heterocycles. The van der Waals surface area contributed by atoms with Crippen LogP contribution < -0.4 is 16.6 Å². The minimum atomic E-state index is -0.781. The van der Waals surface area contributed by atoms with Gasteiger partial charge in [-0.05, 0) is 47.8 Å². The quantitative estimate of drug-likeness (QED) is 0.490. The first-order chi connectivity index (χ1) is 14.0. The van der Waals surface area contributed by atoms with Gasteiger partial charge in [-0.3, -0.25) is 14.2 Å². The molecule has 146 valence electrons. The first-order valence-electron chi connectivity index (χ1n) is 8.49. The van der Waals surface area contributed by atoms with Crippen molar-refractivity contribution in [3.63, 3.8) is 0 Å². The predicted octanol–water partition coefficient (Wildman–Crippen LogP) is 3.75. The summed E-state index contributed by atoms with van der Waals surface area (Å²) in [6.07, 6.45) is 0. The Balaban J connectivity index is 1.80. The molecule has 0 aliphatic heterocycles. The van der Waals surface area contributed by atoms with E-state index in [9.17, 15) is 18.8 Å². The first-order valence-corrected chi connectivity index (χ1v) is 10.2. The Labute approximate surface area is 176 Å². The summed E-state index contributed by atoms with van der Waals surface area (Å²) in [6.45, 7) is -0.323. The van der Waals surface area contributed by atoms with Crippen LogP contribution >= 0.6 is 27.3 Å². The van der Waals surface area contributed by atoms with Crippen molar-refractivity contribution in [2.75, 3.05) is 5.32 Å². The van der Waals surface area contributed by atoms with Crippen LogP contribution in [-0.2, 0) is 11.3 Å². The molecular weight excluding hydrogens is 461 g/mol. The highest BCUT2D eigenvalue weighted by atomic mass is 79.9.